The number of nitrogen functional groups attached to an aromatic ring is 1. The minimum Gasteiger partial charge on any atom is -0.387 e. The van der Waals surface area contributed by atoms with E-state index in [-0.39, 0.29) is 17.0 Å². The summed E-state index contributed by atoms with van der Waals surface area (Å²) in [5.74, 6) is 0.876. The number of anilines is 2. The zero-order valence-electron chi connectivity index (χ0n) is 23.8. The van der Waals surface area contributed by atoms with Gasteiger partial charge in [0.2, 0.25) is 0 Å². The monoisotopic (exact) mass is 688 g/mol. The molecule has 7 heterocycles. The molecule has 3 aromatic heterocycles. The largest absolute Gasteiger partial charge is 0.472 e. The molecule has 11 atom stereocenters. The van der Waals surface area contributed by atoms with Crippen molar-refractivity contribution >= 4 is 44.1 Å². The number of nitrogens with zero attached hydrogens (tertiary/aromatic N) is 7. The maximum atomic E-state index is 13.3. The molecule has 0 aromatic carbocycles. The Morgan fingerprint density at radius 1 is 0.957 bits per heavy atom. The second-order valence-electron chi connectivity index (χ2n) is 10.9. The summed E-state index contributed by atoms with van der Waals surface area (Å²) >= 11 is 0. The van der Waals surface area contributed by atoms with Gasteiger partial charge in [0.15, 0.2) is 23.9 Å². The number of aromatic nitrogens is 6. The molecule has 0 aliphatic carbocycles. The van der Waals surface area contributed by atoms with Crippen molar-refractivity contribution in [2.75, 3.05) is 30.6 Å². The van der Waals surface area contributed by atoms with Gasteiger partial charge < -0.3 is 55.5 Å². The molecule has 4 aliphatic heterocycles. The Morgan fingerprint density at radius 3 is 2.39 bits per heavy atom. The van der Waals surface area contributed by atoms with E-state index in [2.05, 4.69) is 30.2 Å². The first kappa shape index (κ1) is 31.6. The molecule has 0 amide bonds. The number of fused-ring (bicyclic) bond motifs is 6. The molecule has 3 saturated heterocycles. The fourth-order valence-electron chi connectivity index (χ4n) is 5.66. The van der Waals surface area contributed by atoms with Gasteiger partial charge in [0.1, 0.15) is 78.3 Å². The van der Waals surface area contributed by atoms with E-state index in [1.165, 1.54) is 21.8 Å². The Morgan fingerprint density at radius 2 is 1.63 bits per heavy atom. The van der Waals surface area contributed by atoms with Gasteiger partial charge in [0, 0.05) is 0 Å². The predicted molar refractivity (Wildman–Crippen MR) is 152 cm³/mol. The number of ether oxygens (including phenoxy) is 3. The van der Waals surface area contributed by atoms with E-state index in [1.807, 2.05) is 0 Å². The number of phosphoric acid groups is 1. The van der Waals surface area contributed by atoms with Gasteiger partial charge in [-0.1, -0.05) is 0 Å². The summed E-state index contributed by atoms with van der Waals surface area (Å²) in [5.41, 5.74) is 12.6. The van der Waals surface area contributed by atoms with E-state index in [4.69, 9.17) is 39.2 Å². The molecule has 3 fully saturated rings. The van der Waals surface area contributed by atoms with Gasteiger partial charge in [-0.25, -0.2) is 29.5 Å². The number of hydrogen-bond acceptors (Lipinski definition) is 18. The molecule has 22 nitrogen and oxygen atoms in total. The van der Waals surface area contributed by atoms with Gasteiger partial charge in [-0.2, -0.15) is 0 Å². The number of nitrogens with one attached hydrogen (secondary N) is 1. The molecule has 0 spiro atoms. The lowest BCUT2D eigenvalue weighted by Gasteiger charge is -2.26. The molecule has 4 aliphatic rings. The average Bonchev–Trinajstić information content (AvgIpc) is 3.75. The Hall–Kier alpha value is -2.95. The minimum atomic E-state index is -5.04. The topological polar surface area (TPSA) is 308 Å². The number of nitrogens with two attached hydrogens (primary N) is 2. The molecule has 9 N–H and O–H groups in total. The minimum absolute atomic E-state index is 0.0383. The Kier molecular flexibility index (Phi) is 8.00. The van der Waals surface area contributed by atoms with Crippen molar-refractivity contribution in [1.82, 2.24) is 29.1 Å². The first-order valence-corrected chi connectivity index (χ1v) is 17.1. The van der Waals surface area contributed by atoms with Crippen molar-refractivity contribution in [3.63, 3.8) is 0 Å². The lowest BCUT2D eigenvalue weighted by Crippen LogP contribution is -2.36. The molecular weight excluding hydrogens is 658 g/mol. The van der Waals surface area contributed by atoms with E-state index >= 15 is 0 Å². The van der Waals surface area contributed by atoms with Crippen LogP contribution in [0.1, 0.15) is 31.2 Å². The highest BCUT2D eigenvalue weighted by atomic mass is 31.2. The summed E-state index contributed by atoms with van der Waals surface area (Å²) in [7, 11) is -9.62. The maximum absolute atomic E-state index is 13.3. The molecule has 250 valence electrons. The van der Waals surface area contributed by atoms with Crippen LogP contribution in [0.4, 0.5) is 11.6 Å². The lowest BCUT2D eigenvalue weighted by molar-refractivity contribution is -0.0672. The molecule has 3 aromatic rings. The van der Waals surface area contributed by atoms with Crippen molar-refractivity contribution in [3.8, 4) is 0 Å². The van der Waals surface area contributed by atoms with Gasteiger partial charge in [-0.15, -0.1) is 0 Å². The van der Waals surface area contributed by atoms with E-state index in [9.17, 15) is 29.1 Å². The highest BCUT2D eigenvalue weighted by Crippen LogP contribution is 2.52. The number of aliphatic hydroxyl groups excluding tert-OH is 2. The van der Waals surface area contributed by atoms with Crippen molar-refractivity contribution in [1.29, 1.82) is 0 Å². The smallest absolute Gasteiger partial charge is 0.387 e. The third-order valence-corrected chi connectivity index (χ3v) is 9.84. The lowest BCUT2D eigenvalue weighted by atomic mass is 10.1. The molecule has 24 heteroatoms. The highest BCUT2D eigenvalue weighted by Gasteiger charge is 2.52. The van der Waals surface area contributed by atoms with Gasteiger partial charge in [0.05, 0.1) is 25.9 Å². The van der Waals surface area contributed by atoms with E-state index < -0.39 is 90.2 Å². The van der Waals surface area contributed by atoms with Crippen LogP contribution >= 0.6 is 15.4 Å². The Bertz CT molecular complexity index is 1770. The number of aliphatic imine (C=N–C) groups is 1. The number of amidine groups is 1. The Labute approximate surface area is 258 Å². The summed E-state index contributed by atoms with van der Waals surface area (Å²) < 4.78 is 62.5. The van der Waals surface area contributed by atoms with E-state index in [1.54, 1.807) is 6.92 Å². The summed E-state index contributed by atoms with van der Waals surface area (Å²) in [4.78, 5) is 42.0. The summed E-state index contributed by atoms with van der Waals surface area (Å²) in [6.45, 7) is 0.284. The number of hydrogen-bond donors (Lipinski definition) is 7. The quantitative estimate of drug-likeness (QED) is 0.154. The zero-order valence-corrected chi connectivity index (χ0v) is 25.6. The van der Waals surface area contributed by atoms with Crippen LogP contribution in [0.5, 0.6) is 0 Å². The molecule has 7 rings (SSSR count). The van der Waals surface area contributed by atoms with Gasteiger partial charge in [-0.3, -0.25) is 22.7 Å². The first-order valence-electron chi connectivity index (χ1n) is 13.8. The maximum Gasteiger partial charge on any atom is 0.472 e. The van der Waals surface area contributed by atoms with Gasteiger partial charge >= 0.3 is 15.4 Å². The van der Waals surface area contributed by atoms with E-state index in [0.29, 0.717) is 17.3 Å². The third kappa shape index (κ3) is 5.64. The summed E-state index contributed by atoms with van der Waals surface area (Å²) in [5, 5.41) is 25.3. The highest BCUT2D eigenvalue weighted by molar-refractivity contribution is 7.52. The zero-order chi connectivity index (χ0) is 32.5. The molecule has 0 radical (unpaired) electrons. The standard InChI is InChI=1S/C22H30N10O12P2/c1-8-29-18(24)12-20(30-8)32(6-28-12)21-15-13(33)10(42-21)3-41-46(37,38)44-16-14(34)9(2-40-45(35,36)7-39-15)43-22(16)31-5-27-11-17(23)25-4-26-19(11)31/h4-6,9-10,13-16,18,21-22,33-34H,2-3,7,24H2,1H3,(H,29,30)(H,35,36)(H,37,38)(H2,23,25,26)/t9-,10-,13?,14?,15+,16+,18?,21-,22-/m1/s1. The Balaban J connectivity index is 1.19. The SMILES string of the molecule is CC1=NC(N)c2ncn([C@@H]3O[C@@H]4COP(=O)(O)O[C@H]5C(O)[C@@H](COP(=O)(O)CO[C@H]3C4O)O[C@H]5n3cnc4c(N)ncnc43)c2N1. The van der Waals surface area contributed by atoms with Crippen molar-refractivity contribution in [2.45, 2.75) is 62.2 Å². The van der Waals surface area contributed by atoms with Crippen LogP contribution in [0.15, 0.2) is 24.0 Å². The number of imidazole rings is 2. The first-order chi connectivity index (χ1) is 21.8. The normalized spacial score (nSPS) is 40.1. The van der Waals surface area contributed by atoms with Crippen LogP contribution in [-0.2, 0) is 36.9 Å². The summed E-state index contributed by atoms with van der Waals surface area (Å²) in [6, 6.07) is 0. The molecular formula is C22H30N10O12P2. The second-order valence-corrected chi connectivity index (χ2v) is 14.1. The predicted octanol–water partition coefficient (Wildman–Crippen LogP) is -1.32. The van der Waals surface area contributed by atoms with Gasteiger partial charge in [-0.05, 0) is 6.92 Å². The van der Waals surface area contributed by atoms with Crippen LogP contribution < -0.4 is 16.8 Å². The van der Waals surface area contributed by atoms with Gasteiger partial charge in [0.25, 0.3) is 0 Å². The fraction of sp³-hybridized carbons (Fsp3) is 0.591. The second kappa shape index (κ2) is 11.6. The molecule has 46 heavy (non-hydrogen) atoms. The van der Waals surface area contributed by atoms with Crippen LogP contribution in [0.3, 0.4) is 0 Å². The van der Waals surface area contributed by atoms with Crippen LogP contribution in [0, 0.1) is 0 Å². The molecule has 0 saturated carbocycles. The number of rotatable bonds is 2. The van der Waals surface area contributed by atoms with Crippen LogP contribution in [0.25, 0.3) is 11.2 Å². The third-order valence-electron chi connectivity index (χ3n) is 7.82. The van der Waals surface area contributed by atoms with E-state index in [0.717, 1.165) is 6.33 Å². The summed E-state index contributed by atoms with van der Waals surface area (Å²) in [6.07, 6.45) is -9.38. The number of aliphatic hydroxyl groups is 2. The number of phosphoric ester groups is 1. The van der Waals surface area contributed by atoms with Crippen molar-refractivity contribution in [2.24, 2.45) is 10.7 Å². The van der Waals surface area contributed by atoms with Crippen LogP contribution in [0.2, 0.25) is 0 Å². The fourth-order valence-corrected chi connectivity index (χ4v) is 7.40. The van der Waals surface area contributed by atoms with Crippen LogP contribution in [-0.4, -0.2) is 111 Å². The van der Waals surface area contributed by atoms with Crippen molar-refractivity contribution in [3.05, 3.63) is 24.7 Å². The molecule has 4 bridgehead atoms. The van der Waals surface area contributed by atoms with Crippen molar-refractivity contribution < 1.29 is 56.9 Å². The molecule has 5 unspecified atom stereocenters. The average molecular weight is 688 g/mol.